The number of aromatic nitrogens is 1. The van der Waals surface area contributed by atoms with Crippen LogP contribution in [0.2, 0.25) is 5.02 Å². The molecule has 2 atom stereocenters. The van der Waals surface area contributed by atoms with Gasteiger partial charge >= 0.3 is 0 Å². The largest absolute Gasteiger partial charge is 0.377 e. The smallest absolute Gasteiger partial charge is 0.255 e. The summed E-state index contributed by atoms with van der Waals surface area (Å²) in [5.41, 5.74) is 0.466. The van der Waals surface area contributed by atoms with Crippen LogP contribution in [0.3, 0.4) is 0 Å². The number of likely N-dealkylation sites (tertiary alicyclic amines) is 1. The van der Waals surface area contributed by atoms with Gasteiger partial charge in [0.15, 0.2) is 0 Å². The molecule has 0 saturated carbocycles. The van der Waals surface area contributed by atoms with Gasteiger partial charge in [-0.3, -0.25) is 4.79 Å². The molecule has 116 valence electrons. The lowest BCUT2D eigenvalue weighted by Crippen LogP contribution is -2.30. The molecule has 0 spiro atoms. The van der Waals surface area contributed by atoms with Gasteiger partial charge in [0.25, 0.3) is 5.91 Å². The van der Waals surface area contributed by atoms with Crippen molar-refractivity contribution in [2.24, 2.45) is 0 Å². The Morgan fingerprint density at radius 1 is 1.43 bits per heavy atom. The van der Waals surface area contributed by atoms with E-state index in [2.05, 4.69) is 10.3 Å². The van der Waals surface area contributed by atoms with Gasteiger partial charge in [-0.25, -0.2) is 4.98 Å². The molecule has 6 nitrogen and oxygen atoms in total. The second kappa shape index (κ2) is 7.06. The van der Waals surface area contributed by atoms with Crippen LogP contribution in [0.1, 0.15) is 17.3 Å². The van der Waals surface area contributed by atoms with E-state index in [1.54, 1.807) is 25.2 Å². The molecule has 0 aromatic carbocycles. The van der Waals surface area contributed by atoms with Crippen molar-refractivity contribution < 1.29 is 14.3 Å². The Morgan fingerprint density at radius 3 is 2.52 bits per heavy atom. The van der Waals surface area contributed by atoms with E-state index in [0.29, 0.717) is 29.5 Å². The molecule has 0 aliphatic carbocycles. The number of carbonyl (C=O) groups is 1. The minimum atomic E-state index is -0.117. The molecule has 1 amide bonds. The number of hydrogen-bond donors (Lipinski definition) is 1. The first-order valence-electron chi connectivity index (χ1n) is 6.85. The topological polar surface area (TPSA) is 63.7 Å². The number of pyridine rings is 1. The van der Waals surface area contributed by atoms with Crippen LogP contribution in [0.25, 0.3) is 0 Å². The van der Waals surface area contributed by atoms with Gasteiger partial charge in [-0.15, -0.1) is 0 Å². The van der Waals surface area contributed by atoms with Gasteiger partial charge in [-0.2, -0.15) is 0 Å². The number of hydrogen-bond acceptors (Lipinski definition) is 5. The van der Waals surface area contributed by atoms with Crippen LogP contribution in [0.4, 0.5) is 5.82 Å². The maximum Gasteiger partial charge on any atom is 0.255 e. The summed E-state index contributed by atoms with van der Waals surface area (Å²) in [6.07, 6.45) is 1.32. The number of nitrogens with zero attached hydrogens (tertiary/aromatic N) is 2. The fraction of sp³-hybridized carbons (Fsp3) is 0.571. The van der Waals surface area contributed by atoms with E-state index in [1.807, 2.05) is 6.92 Å². The maximum absolute atomic E-state index is 12.5. The first kappa shape index (κ1) is 16.0. The molecule has 1 fully saturated rings. The number of halogens is 1. The van der Waals surface area contributed by atoms with Gasteiger partial charge in [-0.1, -0.05) is 11.6 Å². The van der Waals surface area contributed by atoms with Crippen molar-refractivity contribution >= 4 is 23.3 Å². The predicted octanol–water partition coefficient (Wildman–Crippen LogP) is 1.65. The van der Waals surface area contributed by atoms with E-state index in [4.69, 9.17) is 21.1 Å². The van der Waals surface area contributed by atoms with Crippen LogP contribution in [0.15, 0.2) is 12.3 Å². The lowest BCUT2D eigenvalue weighted by molar-refractivity contribution is -0.00461. The minimum absolute atomic E-state index is 0.108. The van der Waals surface area contributed by atoms with Crippen LogP contribution < -0.4 is 5.32 Å². The van der Waals surface area contributed by atoms with E-state index >= 15 is 0 Å². The summed E-state index contributed by atoms with van der Waals surface area (Å²) in [6, 6.07) is 1.64. The van der Waals surface area contributed by atoms with Crippen molar-refractivity contribution in [3.8, 4) is 0 Å². The van der Waals surface area contributed by atoms with Crippen LogP contribution in [0.5, 0.6) is 0 Å². The molecule has 1 aliphatic heterocycles. The molecule has 0 radical (unpaired) electrons. The summed E-state index contributed by atoms with van der Waals surface area (Å²) in [5.74, 6) is 0.468. The van der Waals surface area contributed by atoms with Crippen molar-refractivity contribution in [1.29, 1.82) is 0 Å². The Kier molecular flexibility index (Phi) is 5.39. The summed E-state index contributed by atoms with van der Waals surface area (Å²) >= 11 is 6.13. The van der Waals surface area contributed by atoms with Crippen molar-refractivity contribution in [2.45, 2.75) is 19.1 Å². The molecule has 2 heterocycles. The van der Waals surface area contributed by atoms with Gasteiger partial charge in [0, 0.05) is 40.1 Å². The zero-order valence-corrected chi connectivity index (χ0v) is 13.2. The van der Waals surface area contributed by atoms with E-state index < -0.39 is 0 Å². The maximum atomic E-state index is 12.5. The zero-order valence-electron chi connectivity index (χ0n) is 12.4. The monoisotopic (exact) mass is 313 g/mol. The minimum Gasteiger partial charge on any atom is -0.377 e. The Balaban J connectivity index is 2.12. The third-order valence-corrected chi connectivity index (χ3v) is 3.83. The SMILES string of the molecule is CCNc1ncc(C(=O)N2CC(OC)C(OC)C2)cc1Cl. The summed E-state index contributed by atoms with van der Waals surface area (Å²) in [6.45, 7) is 3.68. The lowest BCUT2D eigenvalue weighted by atomic mass is 10.2. The summed E-state index contributed by atoms with van der Waals surface area (Å²) in [4.78, 5) is 18.4. The number of amides is 1. The zero-order chi connectivity index (χ0) is 15.4. The Hall–Kier alpha value is -1.37. The average Bonchev–Trinajstić information content (AvgIpc) is 2.92. The van der Waals surface area contributed by atoms with Gasteiger partial charge in [0.05, 0.1) is 10.6 Å². The number of carbonyl (C=O) groups excluding carboxylic acids is 1. The number of ether oxygens (including phenoxy) is 2. The third-order valence-electron chi connectivity index (χ3n) is 3.54. The molecule has 1 aliphatic rings. The number of rotatable bonds is 5. The van der Waals surface area contributed by atoms with Crippen LogP contribution >= 0.6 is 11.6 Å². The van der Waals surface area contributed by atoms with Gasteiger partial charge in [0.1, 0.15) is 18.0 Å². The molecule has 7 heteroatoms. The molecule has 1 aromatic rings. The fourth-order valence-corrected chi connectivity index (χ4v) is 2.63. The van der Waals surface area contributed by atoms with E-state index in [0.717, 1.165) is 6.54 Å². The molecular formula is C14H20ClN3O3. The van der Waals surface area contributed by atoms with Gasteiger partial charge < -0.3 is 19.7 Å². The predicted molar refractivity (Wildman–Crippen MR) is 80.9 cm³/mol. The Labute approximate surface area is 129 Å². The second-order valence-corrected chi connectivity index (χ2v) is 5.25. The highest BCUT2D eigenvalue weighted by molar-refractivity contribution is 6.33. The second-order valence-electron chi connectivity index (χ2n) is 4.84. The van der Waals surface area contributed by atoms with Gasteiger partial charge in [-0.05, 0) is 13.0 Å². The van der Waals surface area contributed by atoms with Gasteiger partial charge in [0.2, 0.25) is 0 Å². The Bertz CT molecular complexity index is 500. The van der Waals surface area contributed by atoms with E-state index in [1.165, 1.54) is 6.20 Å². The van der Waals surface area contributed by atoms with E-state index in [-0.39, 0.29) is 18.1 Å². The molecule has 21 heavy (non-hydrogen) atoms. The molecule has 1 aromatic heterocycles. The van der Waals surface area contributed by atoms with Crippen molar-refractivity contribution in [3.63, 3.8) is 0 Å². The van der Waals surface area contributed by atoms with Crippen molar-refractivity contribution in [1.82, 2.24) is 9.88 Å². The number of methoxy groups -OCH3 is 2. The normalized spacial score (nSPS) is 21.6. The summed E-state index contributed by atoms with van der Waals surface area (Å²) in [7, 11) is 3.24. The van der Waals surface area contributed by atoms with Crippen LogP contribution in [0, 0.1) is 0 Å². The Morgan fingerprint density at radius 2 is 2.05 bits per heavy atom. The van der Waals surface area contributed by atoms with E-state index in [9.17, 15) is 4.79 Å². The summed E-state index contributed by atoms with van der Waals surface area (Å²) in [5, 5.41) is 3.47. The van der Waals surface area contributed by atoms with Crippen LogP contribution in [-0.2, 0) is 9.47 Å². The standard InChI is InChI=1S/C14H20ClN3O3/c1-4-16-13-10(15)5-9(6-17-13)14(19)18-7-11(20-2)12(8-18)21-3/h5-6,11-12H,4,7-8H2,1-3H3,(H,16,17). The van der Waals surface area contributed by atoms with Crippen molar-refractivity contribution in [2.75, 3.05) is 39.2 Å². The highest BCUT2D eigenvalue weighted by atomic mass is 35.5. The molecular weight excluding hydrogens is 294 g/mol. The highest BCUT2D eigenvalue weighted by Crippen LogP contribution is 2.23. The van der Waals surface area contributed by atoms with Crippen LogP contribution in [-0.4, -0.2) is 61.9 Å². The van der Waals surface area contributed by atoms with Crippen molar-refractivity contribution in [3.05, 3.63) is 22.8 Å². The molecule has 1 saturated heterocycles. The molecule has 1 N–H and O–H groups in total. The average molecular weight is 314 g/mol. The lowest BCUT2D eigenvalue weighted by Gasteiger charge is -2.16. The quantitative estimate of drug-likeness (QED) is 0.895. The highest BCUT2D eigenvalue weighted by Gasteiger charge is 2.36. The fourth-order valence-electron chi connectivity index (χ4n) is 2.40. The summed E-state index contributed by atoms with van der Waals surface area (Å²) < 4.78 is 10.7. The molecule has 0 bridgehead atoms. The number of anilines is 1. The molecule has 2 rings (SSSR count). The first-order valence-corrected chi connectivity index (χ1v) is 7.22. The third kappa shape index (κ3) is 3.45. The first-order chi connectivity index (χ1) is 10.1. The number of nitrogens with one attached hydrogen (secondary N) is 1. The molecule has 2 unspecified atom stereocenters.